The molecule has 0 fully saturated rings. The van der Waals surface area contributed by atoms with E-state index in [0.717, 1.165) is 12.0 Å². The number of para-hydroxylation sites is 1. The van der Waals surface area contributed by atoms with Crippen molar-refractivity contribution in [3.63, 3.8) is 0 Å². The van der Waals surface area contributed by atoms with E-state index in [1.54, 1.807) is 13.2 Å². The van der Waals surface area contributed by atoms with Gasteiger partial charge in [0.05, 0.1) is 7.11 Å². The fraction of sp³-hybridized carbons (Fsp3) is 0.500. The van der Waals surface area contributed by atoms with Crippen LogP contribution in [0, 0.1) is 0 Å². The molecular weight excluding hydrogens is 244 g/mol. The van der Waals surface area contributed by atoms with Crippen molar-refractivity contribution in [1.29, 1.82) is 0 Å². The van der Waals surface area contributed by atoms with Gasteiger partial charge in [0.15, 0.2) is 18.1 Å². The first-order valence-electron chi connectivity index (χ1n) is 6.48. The summed E-state index contributed by atoms with van der Waals surface area (Å²) in [6.45, 7) is 3.16. The number of hydrogen-bond acceptors (Lipinski definition) is 4. The first-order chi connectivity index (χ1) is 9.22. The van der Waals surface area contributed by atoms with Gasteiger partial charge in [-0.1, -0.05) is 19.1 Å². The second-order valence-electron chi connectivity index (χ2n) is 4.13. The number of ether oxygens (including phenoxy) is 2. The summed E-state index contributed by atoms with van der Waals surface area (Å²) in [5, 5.41) is 2.76. The second-order valence-corrected chi connectivity index (χ2v) is 4.13. The molecule has 0 bridgehead atoms. The zero-order chi connectivity index (χ0) is 14.1. The Morgan fingerprint density at radius 1 is 1.42 bits per heavy atom. The zero-order valence-electron chi connectivity index (χ0n) is 11.6. The summed E-state index contributed by atoms with van der Waals surface area (Å²) in [6, 6.07) is 5.61. The molecule has 0 saturated heterocycles. The Kier molecular flexibility index (Phi) is 6.74. The van der Waals surface area contributed by atoms with E-state index in [-0.39, 0.29) is 12.5 Å². The van der Waals surface area contributed by atoms with Gasteiger partial charge in [0.25, 0.3) is 5.91 Å². The number of carbonyl (C=O) groups excluding carboxylic acids is 1. The third-order valence-corrected chi connectivity index (χ3v) is 2.61. The van der Waals surface area contributed by atoms with Crippen LogP contribution in [0.5, 0.6) is 11.5 Å². The molecule has 19 heavy (non-hydrogen) atoms. The standard InChI is InChI=1S/C14H22N2O3/c1-3-9-16-13(17)10-19-14-11(7-8-15)5-4-6-12(14)18-2/h4-6H,3,7-10,15H2,1-2H3,(H,16,17). The van der Waals surface area contributed by atoms with Gasteiger partial charge < -0.3 is 20.5 Å². The Labute approximate surface area is 114 Å². The topological polar surface area (TPSA) is 73.6 Å². The van der Waals surface area contributed by atoms with Crippen LogP contribution in [0.4, 0.5) is 0 Å². The van der Waals surface area contributed by atoms with E-state index in [1.165, 1.54) is 0 Å². The lowest BCUT2D eigenvalue weighted by molar-refractivity contribution is -0.123. The van der Waals surface area contributed by atoms with Crippen molar-refractivity contribution < 1.29 is 14.3 Å². The SMILES string of the molecule is CCCNC(=O)COc1c(CCN)cccc1OC. The zero-order valence-corrected chi connectivity index (χ0v) is 11.6. The smallest absolute Gasteiger partial charge is 0.257 e. The Morgan fingerprint density at radius 2 is 2.21 bits per heavy atom. The second kappa shape index (κ2) is 8.37. The Balaban J connectivity index is 2.71. The minimum absolute atomic E-state index is 0.0159. The molecule has 1 aromatic carbocycles. The predicted octanol–water partition coefficient (Wildman–Crippen LogP) is 1.10. The van der Waals surface area contributed by atoms with Crippen LogP contribution in [0.1, 0.15) is 18.9 Å². The number of methoxy groups -OCH3 is 1. The quantitative estimate of drug-likeness (QED) is 0.739. The van der Waals surface area contributed by atoms with Gasteiger partial charge in [0.2, 0.25) is 0 Å². The highest BCUT2D eigenvalue weighted by molar-refractivity contribution is 5.77. The Hall–Kier alpha value is -1.75. The van der Waals surface area contributed by atoms with Gasteiger partial charge in [-0.2, -0.15) is 0 Å². The summed E-state index contributed by atoms with van der Waals surface area (Å²) in [6.07, 6.45) is 1.59. The summed E-state index contributed by atoms with van der Waals surface area (Å²) in [5.74, 6) is 1.09. The molecule has 106 valence electrons. The van der Waals surface area contributed by atoms with Crippen LogP contribution in [-0.4, -0.2) is 32.7 Å². The molecular formula is C14H22N2O3. The molecule has 0 aromatic heterocycles. The average Bonchev–Trinajstić information content (AvgIpc) is 2.43. The van der Waals surface area contributed by atoms with Crippen LogP contribution in [0.25, 0.3) is 0 Å². The summed E-state index contributed by atoms with van der Waals surface area (Å²) >= 11 is 0. The van der Waals surface area contributed by atoms with Crippen molar-refractivity contribution in [1.82, 2.24) is 5.32 Å². The summed E-state index contributed by atoms with van der Waals surface area (Å²) in [5.41, 5.74) is 6.52. The molecule has 5 nitrogen and oxygen atoms in total. The minimum atomic E-state index is -0.133. The van der Waals surface area contributed by atoms with E-state index in [4.69, 9.17) is 15.2 Å². The van der Waals surface area contributed by atoms with Crippen LogP contribution in [-0.2, 0) is 11.2 Å². The van der Waals surface area contributed by atoms with Crippen molar-refractivity contribution in [2.45, 2.75) is 19.8 Å². The third-order valence-electron chi connectivity index (χ3n) is 2.61. The van der Waals surface area contributed by atoms with Crippen LogP contribution in [0.15, 0.2) is 18.2 Å². The summed E-state index contributed by atoms with van der Waals surface area (Å²) in [7, 11) is 1.57. The first kappa shape index (κ1) is 15.3. The number of amides is 1. The number of carbonyl (C=O) groups is 1. The molecule has 1 amide bonds. The normalized spacial score (nSPS) is 10.1. The molecule has 0 aliphatic carbocycles. The maximum atomic E-state index is 11.5. The first-order valence-corrected chi connectivity index (χ1v) is 6.48. The molecule has 3 N–H and O–H groups in total. The van der Waals surface area contributed by atoms with Crippen LogP contribution >= 0.6 is 0 Å². The molecule has 0 unspecified atom stereocenters. The lowest BCUT2D eigenvalue weighted by atomic mass is 10.1. The number of rotatable bonds is 8. The van der Waals surface area contributed by atoms with Gasteiger partial charge in [-0.3, -0.25) is 4.79 Å². The van der Waals surface area contributed by atoms with E-state index >= 15 is 0 Å². The van der Waals surface area contributed by atoms with Crippen molar-refractivity contribution in [3.8, 4) is 11.5 Å². The van der Waals surface area contributed by atoms with Crippen LogP contribution in [0.3, 0.4) is 0 Å². The van der Waals surface area contributed by atoms with Crippen molar-refractivity contribution in [2.75, 3.05) is 26.8 Å². The number of hydrogen-bond donors (Lipinski definition) is 2. The molecule has 0 heterocycles. The largest absolute Gasteiger partial charge is 0.493 e. The Morgan fingerprint density at radius 3 is 2.84 bits per heavy atom. The van der Waals surface area contributed by atoms with E-state index in [2.05, 4.69) is 5.32 Å². The van der Waals surface area contributed by atoms with Crippen LogP contribution in [0.2, 0.25) is 0 Å². The molecule has 0 spiro atoms. The van der Waals surface area contributed by atoms with E-state index in [9.17, 15) is 4.79 Å². The molecule has 0 aliphatic rings. The maximum absolute atomic E-state index is 11.5. The molecule has 0 radical (unpaired) electrons. The molecule has 5 heteroatoms. The summed E-state index contributed by atoms with van der Waals surface area (Å²) < 4.78 is 10.8. The lowest BCUT2D eigenvalue weighted by Crippen LogP contribution is -2.29. The fourth-order valence-electron chi connectivity index (χ4n) is 1.69. The monoisotopic (exact) mass is 266 g/mol. The lowest BCUT2D eigenvalue weighted by Gasteiger charge is -2.14. The Bertz CT molecular complexity index is 408. The van der Waals surface area contributed by atoms with E-state index in [0.29, 0.717) is 31.0 Å². The fourth-order valence-corrected chi connectivity index (χ4v) is 1.69. The number of nitrogens with one attached hydrogen (secondary N) is 1. The van der Waals surface area contributed by atoms with Crippen molar-refractivity contribution >= 4 is 5.91 Å². The molecule has 0 aliphatic heterocycles. The number of nitrogens with two attached hydrogens (primary N) is 1. The van der Waals surface area contributed by atoms with E-state index in [1.807, 2.05) is 19.1 Å². The highest BCUT2D eigenvalue weighted by Gasteiger charge is 2.11. The van der Waals surface area contributed by atoms with E-state index < -0.39 is 0 Å². The van der Waals surface area contributed by atoms with Gasteiger partial charge in [-0.05, 0) is 31.0 Å². The highest BCUT2D eigenvalue weighted by atomic mass is 16.5. The van der Waals surface area contributed by atoms with Gasteiger partial charge in [-0.25, -0.2) is 0 Å². The minimum Gasteiger partial charge on any atom is -0.493 e. The molecule has 0 saturated carbocycles. The van der Waals surface area contributed by atoms with Gasteiger partial charge in [0, 0.05) is 6.54 Å². The molecule has 0 atom stereocenters. The highest BCUT2D eigenvalue weighted by Crippen LogP contribution is 2.31. The van der Waals surface area contributed by atoms with Gasteiger partial charge >= 0.3 is 0 Å². The van der Waals surface area contributed by atoms with Crippen molar-refractivity contribution in [3.05, 3.63) is 23.8 Å². The third kappa shape index (κ3) is 4.79. The van der Waals surface area contributed by atoms with Crippen LogP contribution < -0.4 is 20.5 Å². The van der Waals surface area contributed by atoms with Gasteiger partial charge in [0.1, 0.15) is 0 Å². The maximum Gasteiger partial charge on any atom is 0.257 e. The number of benzene rings is 1. The predicted molar refractivity (Wildman–Crippen MR) is 74.5 cm³/mol. The molecule has 1 aromatic rings. The molecule has 1 rings (SSSR count). The average molecular weight is 266 g/mol. The van der Waals surface area contributed by atoms with Crippen molar-refractivity contribution in [2.24, 2.45) is 5.73 Å². The summed E-state index contributed by atoms with van der Waals surface area (Å²) in [4.78, 5) is 11.5. The van der Waals surface area contributed by atoms with Gasteiger partial charge in [-0.15, -0.1) is 0 Å².